The Morgan fingerprint density at radius 1 is 1.47 bits per heavy atom. The number of aryl methyl sites for hydroxylation is 1. The lowest BCUT2D eigenvalue weighted by Gasteiger charge is -2.11. The van der Waals surface area contributed by atoms with Crippen molar-refractivity contribution in [2.75, 3.05) is 0 Å². The molecule has 0 heterocycles. The van der Waals surface area contributed by atoms with Crippen molar-refractivity contribution < 1.29 is 4.79 Å². The molecule has 0 aromatic heterocycles. The largest absolute Gasteiger partial charge is 0.293 e. The van der Waals surface area contributed by atoms with Crippen LogP contribution in [0.25, 0.3) is 0 Å². The fourth-order valence-corrected chi connectivity index (χ4v) is 1.58. The van der Waals surface area contributed by atoms with Gasteiger partial charge in [-0.3, -0.25) is 4.79 Å². The maximum Gasteiger partial charge on any atom is 0.177 e. The highest BCUT2D eigenvalue weighted by Gasteiger charge is 2.13. The number of hydrogen-bond donors (Lipinski definition) is 0. The number of nitriles is 1. The van der Waals surface area contributed by atoms with Gasteiger partial charge in [0, 0.05) is 5.56 Å². The van der Waals surface area contributed by atoms with Gasteiger partial charge in [0.25, 0.3) is 0 Å². The molecule has 0 aliphatic heterocycles. The SMILES string of the molecule is Cc1ccc(C(C)C)c(C(=O)CC#N)c1. The van der Waals surface area contributed by atoms with E-state index in [1.165, 1.54) is 0 Å². The highest BCUT2D eigenvalue weighted by Crippen LogP contribution is 2.21. The molecular formula is C13H15NO. The summed E-state index contributed by atoms with van der Waals surface area (Å²) >= 11 is 0. The Kier molecular flexibility index (Phi) is 3.62. The Morgan fingerprint density at radius 2 is 2.13 bits per heavy atom. The Morgan fingerprint density at radius 3 is 2.67 bits per heavy atom. The number of carbonyl (C=O) groups is 1. The molecule has 0 saturated heterocycles. The second-order valence-electron chi connectivity index (χ2n) is 4.00. The first-order valence-electron chi connectivity index (χ1n) is 5.07. The molecule has 0 saturated carbocycles. The van der Waals surface area contributed by atoms with Crippen LogP contribution in [0.5, 0.6) is 0 Å². The van der Waals surface area contributed by atoms with E-state index in [0.29, 0.717) is 11.5 Å². The first kappa shape index (κ1) is 11.5. The van der Waals surface area contributed by atoms with E-state index in [0.717, 1.165) is 11.1 Å². The lowest BCUT2D eigenvalue weighted by molar-refractivity contribution is 0.0996. The standard InChI is InChI=1S/C13H15NO/c1-9(2)11-5-4-10(3)8-12(11)13(15)6-7-14/h4-5,8-9H,6H2,1-3H3. The van der Waals surface area contributed by atoms with Gasteiger partial charge in [0.2, 0.25) is 0 Å². The lowest BCUT2D eigenvalue weighted by Crippen LogP contribution is -2.04. The molecule has 0 unspecified atom stereocenters. The smallest absolute Gasteiger partial charge is 0.177 e. The molecule has 0 amide bonds. The van der Waals surface area contributed by atoms with Crippen LogP contribution in [-0.4, -0.2) is 5.78 Å². The van der Waals surface area contributed by atoms with Crippen LogP contribution in [0.3, 0.4) is 0 Å². The first-order chi connectivity index (χ1) is 7.06. The molecule has 15 heavy (non-hydrogen) atoms. The van der Waals surface area contributed by atoms with Crippen LogP contribution in [0.15, 0.2) is 18.2 Å². The number of hydrogen-bond acceptors (Lipinski definition) is 2. The molecule has 0 fully saturated rings. The van der Waals surface area contributed by atoms with Gasteiger partial charge in [-0.15, -0.1) is 0 Å². The van der Waals surface area contributed by atoms with Gasteiger partial charge in [-0.05, 0) is 24.5 Å². The van der Waals surface area contributed by atoms with Gasteiger partial charge in [0.05, 0.1) is 12.5 Å². The van der Waals surface area contributed by atoms with E-state index >= 15 is 0 Å². The van der Waals surface area contributed by atoms with Crippen molar-refractivity contribution in [3.63, 3.8) is 0 Å². The average molecular weight is 201 g/mol. The zero-order valence-corrected chi connectivity index (χ0v) is 9.37. The average Bonchev–Trinajstić information content (AvgIpc) is 2.17. The van der Waals surface area contributed by atoms with Crippen LogP contribution < -0.4 is 0 Å². The topological polar surface area (TPSA) is 40.9 Å². The zero-order valence-electron chi connectivity index (χ0n) is 9.37. The molecule has 0 atom stereocenters. The van der Waals surface area contributed by atoms with Crippen molar-refractivity contribution in [1.82, 2.24) is 0 Å². The van der Waals surface area contributed by atoms with Gasteiger partial charge in [0.1, 0.15) is 0 Å². The lowest BCUT2D eigenvalue weighted by atomic mass is 9.92. The van der Waals surface area contributed by atoms with E-state index in [9.17, 15) is 4.79 Å². The molecule has 78 valence electrons. The predicted molar refractivity (Wildman–Crippen MR) is 59.8 cm³/mol. The third-order valence-corrected chi connectivity index (χ3v) is 2.37. The van der Waals surface area contributed by atoms with E-state index in [1.807, 2.05) is 45.0 Å². The number of Topliss-reactive ketones (excluding diaryl/α,β-unsaturated/α-hetero) is 1. The quantitative estimate of drug-likeness (QED) is 0.704. The van der Waals surface area contributed by atoms with Gasteiger partial charge in [-0.25, -0.2) is 0 Å². The second-order valence-corrected chi connectivity index (χ2v) is 4.00. The van der Waals surface area contributed by atoms with Gasteiger partial charge < -0.3 is 0 Å². The number of rotatable bonds is 3. The van der Waals surface area contributed by atoms with Gasteiger partial charge >= 0.3 is 0 Å². The van der Waals surface area contributed by atoms with Gasteiger partial charge in [-0.1, -0.05) is 31.5 Å². The second kappa shape index (κ2) is 4.75. The molecular weight excluding hydrogens is 186 g/mol. The first-order valence-corrected chi connectivity index (χ1v) is 5.07. The third kappa shape index (κ3) is 2.66. The van der Waals surface area contributed by atoms with Gasteiger partial charge in [-0.2, -0.15) is 5.26 Å². The van der Waals surface area contributed by atoms with Crippen molar-refractivity contribution >= 4 is 5.78 Å². The molecule has 0 aliphatic rings. The zero-order chi connectivity index (χ0) is 11.4. The Hall–Kier alpha value is -1.62. The fraction of sp³-hybridized carbons (Fsp3) is 0.385. The molecule has 1 rings (SSSR count). The van der Waals surface area contributed by atoms with Gasteiger partial charge in [0.15, 0.2) is 5.78 Å². The van der Waals surface area contributed by atoms with E-state index in [1.54, 1.807) is 0 Å². The summed E-state index contributed by atoms with van der Waals surface area (Å²) in [6.45, 7) is 6.05. The van der Waals surface area contributed by atoms with E-state index in [2.05, 4.69) is 0 Å². The number of nitrogens with zero attached hydrogens (tertiary/aromatic N) is 1. The fourth-order valence-electron chi connectivity index (χ4n) is 1.58. The summed E-state index contributed by atoms with van der Waals surface area (Å²) in [5.41, 5.74) is 2.79. The van der Waals surface area contributed by atoms with Crippen molar-refractivity contribution in [2.24, 2.45) is 0 Å². The normalized spacial score (nSPS) is 10.1. The summed E-state index contributed by atoms with van der Waals surface area (Å²) in [6.07, 6.45) is -0.0385. The summed E-state index contributed by atoms with van der Waals surface area (Å²) in [5, 5.41) is 8.53. The molecule has 0 radical (unpaired) electrons. The molecule has 0 aliphatic carbocycles. The highest BCUT2D eigenvalue weighted by molar-refractivity contribution is 5.99. The molecule has 2 heteroatoms. The van der Waals surface area contributed by atoms with E-state index in [4.69, 9.17) is 5.26 Å². The van der Waals surface area contributed by atoms with Crippen molar-refractivity contribution in [1.29, 1.82) is 5.26 Å². The Balaban J connectivity index is 3.19. The van der Waals surface area contributed by atoms with Crippen molar-refractivity contribution in [3.8, 4) is 6.07 Å². The van der Waals surface area contributed by atoms with Crippen LogP contribution in [-0.2, 0) is 0 Å². The van der Waals surface area contributed by atoms with Crippen LogP contribution in [0.1, 0.15) is 47.7 Å². The Labute approximate surface area is 90.5 Å². The van der Waals surface area contributed by atoms with Crippen molar-refractivity contribution in [3.05, 3.63) is 34.9 Å². The van der Waals surface area contributed by atoms with Crippen LogP contribution in [0, 0.1) is 18.3 Å². The molecule has 0 N–H and O–H groups in total. The van der Waals surface area contributed by atoms with Crippen LogP contribution >= 0.6 is 0 Å². The summed E-state index contributed by atoms with van der Waals surface area (Å²) in [5.74, 6) is 0.230. The Bertz CT molecular complexity index is 413. The molecule has 0 bridgehead atoms. The summed E-state index contributed by atoms with van der Waals surface area (Å²) in [7, 11) is 0. The number of carbonyl (C=O) groups excluding carboxylic acids is 1. The molecule has 1 aromatic rings. The molecule has 2 nitrogen and oxygen atoms in total. The van der Waals surface area contributed by atoms with Crippen LogP contribution in [0.2, 0.25) is 0 Å². The maximum absolute atomic E-state index is 11.7. The highest BCUT2D eigenvalue weighted by atomic mass is 16.1. The van der Waals surface area contributed by atoms with E-state index < -0.39 is 0 Å². The molecule has 1 aromatic carbocycles. The molecule has 0 spiro atoms. The minimum atomic E-state index is -0.0788. The minimum Gasteiger partial charge on any atom is -0.293 e. The van der Waals surface area contributed by atoms with Crippen molar-refractivity contribution in [2.45, 2.75) is 33.1 Å². The maximum atomic E-state index is 11.7. The monoisotopic (exact) mass is 201 g/mol. The van der Waals surface area contributed by atoms with E-state index in [-0.39, 0.29) is 12.2 Å². The summed E-state index contributed by atoms with van der Waals surface area (Å²) in [4.78, 5) is 11.7. The minimum absolute atomic E-state index is 0.0385. The number of ketones is 1. The predicted octanol–water partition coefficient (Wildman–Crippen LogP) is 3.21. The number of benzene rings is 1. The summed E-state index contributed by atoms with van der Waals surface area (Å²) in [6, 6.07) is 7.75. The van der Waals surface area contributed by atoms with Crippen LogP contribution in [0.4, 0.5) is 0 Å². The third-order valence-electron chi connectivity index (χ3n) is 2.37. The summed E-state index contributed by atoms with van der Waals surface area (Å²) < 4.78 is 0.